The number of aromatic nitrogens is 2. The van der Waals surface area contributed by atoms with Crippen molar-refractivity contribution in [3.63, 3.8) is 0 Å². The number of benzene rings is 3. The second-order valence-corrected chi connectivity index (χ2v) is 14.3. The highest BCUT2D eigenvalue weighted by atomic mass is 19.1. The van der Waals surface area contributed by atoms with Gasteiger partial charge in [-0.15, -0.1) is 0 Å². The van der Waals surface area contributed by atoms with Gasteiger partial charge in [-0.1, -0.05) is 43.9 Å². The number of para-hydroxylation sites is 1. The first-order valence-electron chi connectivity index (χ1n) is 19.1. The number of likely N-dealkylation sites (tertiary alicyclic amines) is 1. The summed E-state index contributed by atoms with van der Waals surface area (Å²) >= 11 is 0. The third kappa shape index (κ3) is 8.43. The van der Waals surface area contributed by atoms with Crippen molar-refractivity contribution in [2.24, 2.45) is 0 Å². The summed E-state index contributed by atoms with van der Waals surface area (Å²) in [5, 5.41) is 5.74. The van der Waals surface area contributed by atoms with Crippen LogP contribution in [-0.4, -0.2) is 65.0 Å². The Morgan fingerprint density at radius 3 is 2.39 bits per heavy atom. The van der Waals surface area contributed by atoms with Crippen LogP contribution in [-0.2, 0) is 0 Å². The summed E-state index contributed by atoms with van der Waals surface area (Å²) in [7, 11) is 1.66. The number of rotatable bonds is 11. The van der Waals surface area contributed by atoms with Gasteiger partial charge in [0.2, 0.25) is 5.95 Å². The number of allylic oxidation sites excluding steroid dienone is 5. The molecule has 2 fully saturated rings. The first-order valence-corrected chi connectivity index (χ1v) is 19.1. The van der Waals surface area contributed by atoms with E-state index >= 15 is 0 Å². The van der Waals surface area contributed by atoms with E-state index < -0.39 is 23.2 Å². The molecule has 1 amide bonds. The van der Waals surface area contributed by atoms with Gasteiger partial charge < -0.3 is 30.1 Å². The maximum absolute atomic E-state index is 14.4. The lowest BCUT2D eigenvalue weighted by Crippen LogP contribution is -2.46. The second-order valence-electron chi connectivity index (χ2n) is 14.3. The number of nitrogens with one attached hydrogen (secondary N) is 2. The molecule has 0 radical (unpaired) electrons. The van der Waals surface area contributed by atoms with Gasteiger partial charge in [-0.25, -0.2) is 18.7 Å². The summed E-state index contributed by atoms with van der Waals surface area (Å²) in [4.78, 5) is 29.8. The number of anilines is 4. The number of amides is 1. The standard InChI is InChI=1S/C45H47F2N7O2/c1-5-36(32-11-9-12-33(28-32)44(55)51-42-37(46)13-10-14-38(42)47)43(54-26-18-30(2)27-31(54)3)40-17-21-48-45(50-40)49-39-16-15-35(29-41(39)56-4)53-24-19-34(20-25-53)52-22-7-6-8-23-52/h5,9-18,21,26-29,34H,1,3,6-8,19-20,22-25H2,2,4H3,(H,51,55)(H,48,49,50)/b43-36+. The number of ether oxygens (including phenoxy) is 1. The molecule has 4 aromatic rings. The Bertz CT molecular complexity index is 2200. The van der Waals surface area contributed by atoms with E-state index in [2.05, 4.69) is 50.7 Å². The van der Waals surface area contributed by atoms with E-state index in [1.807, 2.05) is 42.3 Å². The van der Waals surface area contributed by atoms with Gasteiger partial charge in [0, 0.05) is 60.1 Å². The highest BCUT2D eigenvalue weighted by Gasteiger charge is 2.27. The maximum Gasteiger partial charge on any atom is 0.255 e. The first-order chi connectivity index (χ1) is 27.2. The molecule has 56 heavy (non-hydrogen) atoms. The Kier molecular flexibility index (Phi) is 11.7. The monoisotopic (exact) mass is 755 g/mol. The van der Waals surface area contributed by atoms with Crippen LogP contribution in [0.5, 0.6) is 5.75 Å². The number of piperidine rings is 2. The summed E-state index contributed by atoms with van der Waals surface area (Å²) in [6.07, 6.45) is 15.5. The Morgan fingerprint density at radius 2 is 1.68 bits per heavy atom. The van der Waals surface area contributed by atoms with E-state index in [0.717, 1.165) is 55.0 Å². The normalized spacial score (nSPS) is 16.9. The minimum absolute atomic E-state index is 0.194. The van der Waals surface area contributed by atoms with Gasteiger partial charge in [-0.05, 0) is 111 Å². The maximum atomic E-state index is 14.4. The molecule has 7 rings (SSSR count). The quantitative estimate of drug-likeness (QED) is 0.147. The van der Waals surface area contributed by atoms with Gasteiger partial charge in [0.05, 0.1) is 24.2 Å². The molecule has 2 saturated heterocycles. The van der Waals surface area contributed by atoms with Crippen LogP contribution >= 0.6 is 0 Å². The van der Waals surface area contributed by atoms with Crippen LogP contribution in [0.4, 0.5) is 31.8 Å². The smallest absolute Gasteiger partial charge is 0.255 e. The van der Waals surface area contributed by atoms with Crippen molar-refractivity contribution >= 4 is 40.2 Å². The predicted molar refractivity (Wildman–Crippen MR) is 221 cm³/mol. The summed E-state index contributed by atoms with van der Waals surface area (Å²) in [6.45, 7) is 14.9. The Labute approximate surface area is 327 Å². The van der Waals surface area contributed by atoms with E-state index in [-0.39, 0.29) is 5.56 Å². The zero-order valence-electron chi connectivity index (χ0n) is 31.9. The average Bonchev–Trinajstić information content (AvgIpc) is 3.22. The molecule has 3 aromatic carbocycles. The van der Waals surface area contributed by atoms with Gasteiger partial charge in [0.15, 0.2) is 0 Å². The fourth-order valence-corrected chi connectivity index (χ4v) is 7.68. The number of hydrogen-bond donors (Lipinski definition) is 2. The van der Waals surface area contributed by atoms with Crippen LogP contribution in [0, 0.1) is 11.6 Å². The number of nitrogens with zero attached hydrogens (tertiary/aromatic N) is 5. The lowest BCUT2D eigenvalue weighted by atomic mass is 9.98. The van der Waals surface area contributed by atoms with Gasteiger partial charge in [0.25, 0.3) is 5.91 Å². The zero-order chi connectivity index (χ0) is 39.2. The van der Waals surface area contributed by atoms with Crippen LogP contribution < -0.4 is 20.3 Å². The Hall–Kier alpha value is -6.07. The van der Waals surface area contributed by atoms with Crippen LogP contribution in [0.1, 0.15) is 60.6 Å². The van der Waals surface area contributed by atoms with E-state index in [4.69, 9.17) is 9.72 Å². The molecule has 0 spiro atoms. The molecule has 0 atom stereocenters. The van der Waals surface area contributed by atoms with Crippen molar-refractivity contribution in [2.45, 2.75) is 45.1 Å². The molecule has 4 heterocycles. The van der Waals surface area contributed by atoms with Crippen LogP contribution in [0.3, 0.4) is 0 Å². The molecule has 0 saturated carbocycles. The molecule has 2 N–H and O–H groups in total. The molecular formula is C45H47F2N7O2. The summed E-state index contributed by atoms with van der Waals surface area (Å²) in [5.74, 6) is -1.39. The number of hydrogen-bond acceptors (Lipinski definition) is 8. The SMILES string of the molecule is C=C/C(=C(/c1ccnc(Nc2ccc(N3CCC(N4CCCCC4)CC3)cc2OC)n1)N1C=CC(C)=CC1=C)c1cccc(C(=O)Nc2c(F)cccc2F)c1. The Morgan fingerprint density at radius 1 is 0.946 bits per heavy atom. The predicted octanol–water partition coefficient (Wildman–Crippen LogP) is 9.56. The minimum Gasteiger partial charge on any atom is -0.494 e. The third-order valence-corrected chi connectivity index (χ3v) is 10.6. The van der Waals surface area contributed by atoms with Gasteiger partial charge >= 0.3 is 0 Å². The Balaban J connectivity index is 1.17. The van der Waals surface area contributed by atoms with Crippen molar-refractivity contribution in [3.05, 3.63) is 150 Å². The van der Waals surface area contributed by atoms with E-state index in [0.29, 0.717) is 46.0 Å². The van der Waals surface area contributed by atoms with E-state index in [9.17, 15) is 13.6 Å². The van der Waals surface area contributed by atoms with Gasteiger partial charge in [-0.3, -0.25) is 4.79 Å². The van der Waals surface area contributed by atoms with Crippen molar-refractivity contribution in [1.29, 1.82) is 0 Å². The molecule has 11 heteroatoms. The molecular weight excluding hydrogens is 709 g/mol. The highest BCUT2D eigenvalue weighted by molar-refractivity contribution is 6.05. The second kappa shape index (κ2) is 17.2. The molecule has 0 bridgehead atoms. The lowest BCUT2D eigenvalue weighted by molar-refractivity contribution is 0.102. The van der Waals surface area contributed by atoms with Crippen molar-refractivity contribution in [1.82, 2.24) is 19.8 Å². The van der Waals surface area contributed by atoms with E-state index in [1.165, 1.54) is 38.4 Å². The van der Waals surface area contributed by atoms with Crippen LogP contribution in [0.2, 0.25) is 0 Å². The zero-order valence-corrected chi connectivity index (χ0v) is 31.9. The molecule has 3 aliphatic heterocycles. The number of carbonyl (C=O) groups is 1. The largest absolute Gasteiger partial charge is 0.494 e. The van der Waals surface area contributed by atoms with Crippen LogP contribution in [0.15, 0.2) is 122 Å². The third-order valence-electron chi connectivity index (χ3n) is 10.6. The minimum atomic E-state index is -0.868. The number of halogens is 2. The number of carbonyl (C=O) groups excluding carboxylic acids is 1. The summed E-state index contributed by atoms with van der Waals surface area (Å²) in [5.41, 5.74) is 5.66. The summed E-state index contributed by atoms with van der Waals surface area (Å²) in [6, 6.07) is 18.8. The average molecular weight is 756 g/mol. The summed E-state index contributed by atoms with van der Waals surface area (Å²) < 4.78 is 34.7. The lowest BCUT2D eigenvalue weighted by Gasteiger charge is -2.41. The number of methoxy groups -OCH3 is 1. The van der Waals surface area contributed by atoms with Crippen molar-refractivity contribution in [3.8, 4) is 5.75 Å². The van der Waals surface area contributed by atoms with Crippen molar-refractivity contribution < 1.29 is 18.3 Å². The van der Waals surface area contributed by atoms with Crippen LogP contribution in [0.25, 0.3) is 11.3 Å². The molecule has 0 unspecified atom stereocenters. The highest BCUT2D eigenvalue weighted by Crippen LogP contribution is 2.37. The van der Waals surface area contributed by atoms with Gasteiger partial charge in [0.1, 0.15) is 23.1 Å². The first kappa shape index (κ1) is 38.2. The van der Waals surface area contributed by atoms with E-state index in [1.54, 1.807) is 43.6 Å². The fourth-order valence-electron chi connectivity index (χ4n) is 7.68. The molecule has 3 aliphatic rings. The molecule has 9 nitrogen and oxygen atoms in total. The fraction of sp³-hybridized carbons (Fsp3) is 0.267. The molecule has 0 aliphatic carbocycles. The molecule has 1 aromatic heterocycles. The molecule has 288 valence electrons. The van der Waals surface area contributed by atoms with Crippen molar-refractivity contribution in [2.75, 3.05) is 48.8 Å². The van der Waals surface area contributed by atoms with Gasteiger partial charge in [-0.2, -0.15) is 0 Å². The topological polar surface area (TPSA) is 85.9 Å².